The summed E-state index contributed by atoms with van der Waals surface area (Å²) < 4.78 is 12.8. The molecule has 4 aromatic rings. The zero-order valence-corrected chi connectivity index (χ0v) is 20.1. The first-order chi connectivity index (χ1) is 16.0. The first-order valence-electron chi connectivity index (χ1n) is 10.7. The van der Waals surface area contributed by atoms with Crippen LogP contribution >= 0.6 is 11.3 Å². The van der Waals surface area contributed by atoms with Gasteiger partial charge < -0.3 is 9.47 Å². The van der Waals surface area contributed by atoms with Crippen molar-refractivity contribution in [3.8, 4) is 16.5 Å². The number of ether oxygens (including phenoxy) is 2. The molecular formula is C25H25N5O2S. The van der Waals surface area contributed by atoms with Gasteiger partial charge in [-0.25, -0.2) is 5.01 Å². The Kier molecular flexibility index (Phi) is 5.38. The minimum Gasteiger partial charge on any atom is -0.497 e. The highest BCUT2D eigenvalue weighted by molar-refractivity contribution is 7.15. The molecule has 8 heteroatoms. The fourth-order valence-electron chi connectivity index (χ4n) is 3.98. The molecule has 1 aliphatic heterocycles. The number of hydrazone groups is 1. The van der Waals surface area contributed by atoms with E-state index in [1.165, 1.54) is 10.4 Å². The van der Waals surface area contributed by atoms with Crippen LogP contribution in [0.1, 0.15) is 33.0 Å². The number of fused-ring (bicyclic) bond motifs is 3. The Hall–Kier alpha value is -3.65. The van der Waals surface area contributed by atoms with Crippen LogP contribution in [0.15, 0.2) is 53.6 Å². The van der Waals surface area contributed by atoms with Crippen LogP contribution in [0.4, 0.5) is 5.95 Å². The number of aryl methyl sites for hydroxylation is 2. The number of aromatic nitrogens is 3. The summed E-state index contributed by atoms with van der Waals surface area (Å²) in [6.07, 6.45) is 0. The Bertz CT molecular complexity index is 1340. The van der Waals surface area contributed by atoms with Crippen molar-refractivity contribution in [2.24, 2.45) is 5.10 Å². The van der Waals surface area contributed by atoms with Crippen LogP contribution in [0.3, 0.4) is 0 Å². The summed E-state index contributed by atoms with van der Waals surface area (Å²) in [5, 5.41) is 17.1. The van der Waals surface area contributed by atoms with E-state index in [2.05, 4.69) is 40.7 Å². The molecule has 0 spiro atoms. The molecule has 2 aromatic heterocycles. The topological polar surface area (TPSA) is 64.8 Å². The molecule has 0 atom stereocenters. The fourth-order valence-corrected chi connectivity index (χ4v) is 5.18. The standard InChI is InChI=1S/C25H25N5O2S/c1-15-16(2)33-24-22(15)23(19-8-12-21(32-5)13-9-19)28-29(25-27-26-17(3)30(24)25)14-18-6-10-20(31-4)11-7-18/h6-13H,14H2,1-5H3. The molecule has 0 N–H and O–H groups in total. The van der Waals surface area contributed by atoms with Crippen molar-refractivity contribution in [1.29, 1.82) is 0 Å². The van der Waals surface area contributed by atoms with E-state index in [1.807, 2.05) is 48.3 Å². The molecule has 0 bridgehead atoms. The Morgan fingerprint density at radius 1 is 0.848 bits per heavy atom. The summed E-state index contributed by atoms with van der Waals surface area (Å²) in [6.45, 7) is 6.83. The van der Waals surface area contributed by atoms with Crippen molar-refractivity contribution in [2.75, 3.05) is 19.2 Å². The average molecular weight is 460 g/mol. The van der Waals surface area contributed by atoms with Gasteiger partial charge in [0.2, 0.25) is 0 Å². The fraction of sp³-hybridized carbons (Fsp3) is 0.240. The first kappa shape index (κ1) is 21.2. The van der Waals surface area contributed by atoms with Crippen LogP contribution in [0, 0.1) is 20.8 Å². The maximum atomic E-state index is 5.37. The highest BCUT2D eigenvalue weighted by Gasteiger charge is 2.30. The summed E-state index contributed by atoms with van der Waals surface area (Å²) in [5.74, 6) is 3.17. The summed E-state index contributed by atoms with van der Waals surface area (Å²) in [6, 6.07) is 16.1. The molecule has 2 aromatic carbocycles. The molecule has 0 radical (unpaired) electrons. The second kappa shape index (κ2) is 8.37. The van der Waals surface area contributed by atoms with E-state index in [0.29, 0.717) is 12.5 Å². The number of methoxy groups -OCH3 is 2. The van der Waals surface area contributed by atoms with E-state index >= 15 is 0 Å². The maximum absolute atomic E-state index is 5.37. The lowest BCUT2D eigenvalue weighted by Crippen LogP contribution is -2.20. The van der Waals surface area contributed by atoms with Crippen molar-refractivity contribution in [1.82, 2.24) is 14.8 Å². The van der Waals surface area contributed by atoms with Crippen LogP contribution in [0.25, 0.3) is 5.00 Å². The number of anilines is 1. The van der Waals surface area contributed by atoms with Crippen LogP contribution < -0.4 is 14.5 Å². The van der Waals surface area contributed by atoms with Gasteiger partial charge in [0.25, 0.3) is 5.95 Å². The molecule has 3 heterocycles. The number of rotatable bonds is 5. The van der Waals surface area contributed by atoms with Gasteiger partial charge >= 0.3 is 0 Å². The van der Waals surface area contributed by atoms with Gasteiger partial charge in [0, 0.05) is 16.0 Å². The quantitative estimate of drug-likeness (QED) is 0.418. The Morgan fingerprint density at radius 3 is 2.12 bits per heavy atom. The molecule has 5 rings (SSSR count). The Morgan fingerprint density at radius 2 is 1.48 bits per heavy atom. The van der Waals surface area contributed by atoms with Crippen LogP contribution in [-0.4, -0.2) is 34.7 Å². The third-order valence-electron chi connectivity index (χ3n) is 5.92. The normalized spacial score (nSPS) is 12.6. The van der Waals surface area contributed by atoms with Gasteiger partial charge in [-0.3, -0.25) is 4.57 Å². The van der Waals surface area contributed by atoms with Gasteiger partial charge in [0.1, 0.15) is 28.0 Å². The first-order valence-corrected chi connectivity index (χ1v) is 11.5. The lowest BCUT2D eigenvalue weighted by Gasteiger charge is -2.18. The van der Waals surface area contributed by atoms with Crippen molar-refractivity contribution < 1.29 is 9.47 Å². The minimum atomic E-state index is 0.550. The zero-order chi connectivity index (χ0) is 23.1. The SMILES string of the molecule is COc1ccc(CN2N=C(c3ccc(OC)cc3)c3c(sc(C)c3C)-n3c(C)nnc32)cc1. The van der Waals surface area contributed by atoms with Gasteiger partial charge in [-0.05, 0) is 68.3 Å². The number of hydrogen-bond acceptors (Lipinski definition) is 7. The molecule has 0 aliphatic carbocycles. The van der Waals surface area contributed by atoms with Gasteiger partial charge in [0.15, 0.2) is 0 Å². The van der Waals surface area contributed by atoms with E-state index < -0.39 is 0 Å². The van der Waals surface area contributed by atoms with Crippen molar-refractivity contribution >= 4 is 23.0 Å². The number of thiophene rings is 1. The number of nitrogens with zero attached hydrogens (tertiary/aromatic N) is 5. The molecule has 0 amide bonds. The third kappa shape index (κ3) is 3.66. The van der Waals surface area contributed by atoms with Crippen molar-refractivity contribution in [3.63, 3.8) is 0 Å². The second-order valence-electron chi connectivity index (χ2n) is 7.93. The molecule has 0 fully saturated rings. The van der Waals surface area contributed by atoms with Gasteiger partial charge in [0.05, 0.1) is 20.8 Å². The van der Waals surface area contributed by atoms with Gasteiger partial charge in [-0.1, -0.05) is 12.1 Å². The molecule has 7 nitrogen and oxygen atoms in total. The van der Waals surface area contributed by atoms with Crippen LogP contribution in [0.2, 0.25) is 0 Å². The lowest BCUT2D eigenvalue weighted by molar-refractivity contribution is 0.414. The van der Waals surface area contributed by atoms with Crippen molar-refractivity contribution in [3.05, 3.63) is 81.5 Å². The summed E-state index contributed by atoms with van der Waals surface area (Å²) in [7, 11) is 3.34. The molecule has 0 saturated carbocycles. The zero-order valence-electron chi connectivity index (χ0n) is 19.3. The summed E-state index contributed by atoms with van der Waals surface area (Å²) in [5.41, 5.74) is 5.36. The Labute approximate surface area is 196 Å². The molecule has 33 heavy (non-hydrogen) atoms. The van der Waals surface area contributed by atoms with Crippen LogP contribution in [0.5, 0.6) is 11.5 Å². The number of hydrogen-bond donors (Lipinski definition) is 0. The highest BCUT2D eigenvalue weighted by Crippen LogP contribution is 2.38. The molecule has 1 aliphatic rings. The van der Waals surface area contributed by atoms with Crippen LogP contribution in [-0.2, 0) is 6.54 Å². The maximum Gasteiger partial charge on any atom is 0.253 e. The highest BCUT2D eigenvalue weighted by atomic mass is 32.1. The predicted molar refractivity (Wildman–Crippen MR) is 131 cm³/mol. The minimum absolute atomic E-state index is 0.550. The lowest BCUT2D eigenvalue weighted by atomic mass is 10.00. The Balaban J connectivity index is 1.70. The molecule has 0 saturated heterocycles. The monoisotopic (exact) mass is 459 g/mol. The van der Waals surface area contributed by atoms with E-state index in [1.54, 1.807) is 25.6 Å². The molecule has 168 valence electrons. The smallest absolute Gasteiger partial charge is 0.253 e. The van der Waals surface area contributed by atoms with E-state index in [4.69, 9.17) is 14.6 Å². The van der Waals surface area contributed by atoms with Crippen molar-refractivity contribution in [2.45, 2.75) is 27.3 Å². The third-order valence-corrected chi connectivity index (χ3v) is 7.11. The van der Waals surface area contributed by atoms with Gasteiger partial charge in [-0.2, -0.15) is 5.10 Å². The average Bonchev–Trinajstić information content (AvgIpc) is 3.31. The predicted octanol–water partition coefficient (Wildman–Crippen LogP) is 5.04. The van der Waals surface area contributed by atoms with E-state index in [9.17, 15) is 0 Å². The summed E-state index contributed by atoms with van der Waals surface area (Å²) >= 11 is 1.75. The van der Waals surface area contributed by atoms with E-state index in [0.717, 1.165) is 44.7 Å². The largest absolute Gasteiger partial charge is 0.497 e. The van der Waals surface area contributed by atoms with Gasteiger partial charge in [-0.15, -0.1) is 21.5 Å². The molecule has 0 unspecified atom stereocenters. The second-order valence-corrected chi connectivity index (χ2v) is 9.13. The van der Waals surface area contributed by atoms with E-state index in [-0.39, 0.29) is 0 Å². The molecular weight excluding hydrogens is 434 g/mol. The number of benzene rings is 2. The summed E-state index contributed by atoms with van der Waals surface area (Å²) in [4.78, 5) is 1.25.